The van der Waals surface area contributed by atoms with Crippen molar-refractivity contribution < 1.29 is 28.5 Å². The predicted molar refractivity (Wildman–Crippen MR) is 167 cm³/mol. The monoisotopic (exact) mass is 636 g/mol. The molecule has 244 valence electrons. The van der Waals surface area contributed by atoms with Gasteiger partial charge in [-0.05, 0) is 56.0 Å². The third-order valence-corrected chi connectivity index (χ3v) is 9.35. The summed E-state index contributed by atoms with van der Waals surface area (Å²) < 4.78 is 15.4. The van der Waals surface area contributed by atoms with Gasteiger partial charge in [0.2, 0.25) is 11.8 Å². The molecule has 4 aliphatic heterocycles. The van der Waals surface area contributed by atoms with Crippen molar-refractivity contribution in [2.75, 3.05) is 74.4 Å². The van der Waals surface area contributed by atoms with E-state index < -0.39 is 40.4 Å². The number of carbonyl (C=O) groups excluding carboxylic acids is 4. The fourth-order valence-corrected chi connectivity index (χ4v) is 6.85. The zero-order valence-corrected chi connectivity index (χ0v) is 25.4. The second-order valence-electron chi connectivity index (χ2n) is 12.3. The van der Waals surface area contributed by atoms with Gasteiger partial charge in [0.25, 0.3) is 17.5 Å². The Hall–Kier alpha value is -4.63. The highest BCUT2D eigenvalue weighted by Gasteiger charge is 2.45. The van der Waals surface area contributed by atoms with Gasteiger partial charge in [-0.2, -0.15) is 0 Å². The number of nitrogens with zero attached hydrogens (tertiary/aromatic N) is 5. The number of nitrogens with two attached hydrogens (primary N) is 1. The lowest BCUT2D eigenvalue weighted by Crippen LogP contribution is -2.54. The first-order chi connectivity index (χ1) is 22.1. The second kappa shape index (κ2) is 13.0. The van der Waals surface area contributed by atoms with Crippen molar-refractivity contribution >= 4 is 46.4 Å². The van der Waals surface area contributed by atoms with E-state index in [9.17, 15) is 29.3 Å². The molecular weight excluding hydrogens is 599 g/mol. The SMILES string of the molecule is Nc1cc(N2CCN(CCNCC3CCCN(c4cc5c(cc4F)C(=O)N(C4CCC(=O)NC4=O)C5=O)C3)CC2)ccc1[N+](=O)[O-]. The average molecular weight is 637 g/mol. The van der Waals surface area contributed by atoms with Gasteiger partial charge in [0.15, 0.2) is 0 Å². The maximum atomic E-state index is 15.4. The number of carbonyl (C=O) groups is 4. The molecule has 0 bridgehead atoms. The normalized spacial score (nSPS) is 22.3. The van der Waals surface area contributed by atoms with Crippen LogP contribution in [0.4, 0.5) is 27.1 Å². The molecule has 4 heterocycles. The minimum atomic E-state index is -1.10. The summed E-state index contributed by atoms with van der Waals surface area (Å²) in [6.07, 6.45) is 1.89. The van der Waals surface area contributed by atoms with Crippen LogP contribution in [0.5, 0.6) is 0 Å². The Kier molecular flexibility index (Phi) is 8.86. The number of piperidine rings is 2. The third-order valence-electron chi connectivity index (χ3n) is 9.35. The summed E-state index contributed by atoms with van der Waals surface area (Å²) in [5, 5.41) is 16.7. The van der Waals surface area contributed by atoms with Gasteiger partial charge >= 0.3 is 0 Å². The van der Waals surface area contributed by atoms with Gasteiger partial charge in [-0.25, -0.2) is 4.39 Å². The van der Waals surface area contributed by atoms with Gasteiger partial charge in [-0.1, -0.05) is 0 Å². The summed E-state index contributed by atoms with van der Waals surface area (Å²) in [7, 11) is 0. The molecule has 0 radical (unpaired) electrons. The highest BCUT2D eigenvalue weighted by Crippen LogP contribution is 2.34. The van der Waals surface area contributed by atoms with Crippen LogP contribution >= 0.6 is 0 Å². The molecular formula is C31H37FN8O6. The Bertz CT molecular complexity index is 1580. The van der Waals surface area contributed by atoms with Crippen LogP contribution in [-0.4, -0.2) is 103 Å². The van der Waals surface area contributed by atoms with Crippen LogP contribution in [0.25, 0.3) is 0 Å². The summed E-state index contributed by atoms with van der Waals surface area (Å²) in [6.45, 7) is 6.93. The number of hydrogen-bond donors (Lipinski definition) is 3. The van der Waals surface area contributed by atoms with Crippen molar-refractivity contribution in [3.63, 3.8) is 0 Å². The third kappa shape index (κ3) is 6.24. The van der Waals surface area contributed by atoms with Gasteiger partial charge in [0.05, 0.1) is 21.7 Å². The van der Waals surface area contributed by atoms with Gasteiger partial charge in [0, 0.05) is 70.5 Å². The summed E-state index contributed by atoms with van der Waals surface area (Å²) in [4.78, 5) is 68.1. The van der Waals surface area contributed by atoms with Crippen LogP contribution in [0.3, 0.4) is 0 Å². The minimum absolute atomic E-state index is 0.0173. The molecule has 4 aliphatic rings. The number of rotatable bonds is 9. The van der Waals surface area contributed by atoms with E-state index in [1.54, 1.807) is 12.1 Å². The number of nitro benzene ring substituents is 1. The zero-order valence-electron chi connectivity index (χ0n) is 25.4. The molecule has 46 heavy (non-hydrogen) atoms. The number of anilines is 3. The molecule has 3 saturated heterocycles. The maximum absolute atomic E-state index is 15.4. The highest BCUT2D eigenvalue weighted by atomic mass is 19.1. The minimum Gasteiger partial charge on any atom is -0.393 e. The van der Waals surface area contributed by atoms with E-state index in [0.29, 0.717) is 13.1 Å². The van der Waals surface area contributed by atoms with E-state index in [1.807, 2.05) is 4.90 Å². The topological polar surface area (TPSA) is 174 Å². The molecule has 4 N–H and O–H groups in total. The number of hydrogen-bond acceptors (Lipinski definition) is 11. The molecule has 14 nitrogen and oxygen atoms in total. The Morgan fingerprint density at radius 1 is 0.978 bits per heavy atom. The van der Waals surface area contributed by atoms with E-state index in [2.05, 4.69) is 20.4 Å². The van der Waals surface area contributed by atoms with Gasteiger partial charge in [-0.15, -0.1) is 0 Å². The highest BCUT2D eigenvalue weighted by molar-refractivity contribution is 6.23. The number of piperazine rings is 1. The molecule has 6 rings (SSSR count). The average Bonchev–Trinajstić information content (AvgIpc) is 3.27. The Labute approximate surface area is 264 Å². The molecule has 0 aliphatic carbocycles. The standard InChI is InChI=1S/C31H37FN8O6/c32-23-15-21-22(31(44)39(30(21)43)26-5-6-28(41)35-29(26)42)16-27(23)38-8-1-2-19(18-38)17-34-7-9-36-10-12-37(13-11-36)20-3-4-25(40(45)46)24(33)14-20/h3-4,14-16,19,26,34H,1-2,5-13,17-18,33H2,(H,35,41,42). The molecule has 4 amide bonds. The number of halogens is 1. The number of nitrogens with one attached hydrogen (secondary N) is 2. The molecule has 0 aromatic heterocycles. The first-order valence-corrected chi connectivity index (χ1v) is 15.6. The smallest absolute Gasteiger partial charge is 0.292 e. The van der Waals surface area contributed by atoms with Crippen molar-refractivity contribution in [2.24, 2.45) is 5.92 Å². The summed E-state index contributed by atoms with van der Waals surface area (Å²) in [5.74, 6) is -2.85. The van der Waals surface area contributed by atoms with Crippen LogP contribution in [-0.2, 0) is 9.59 Å². The first-order valence-electron chi connectivity index (χ1n) is 15.6. The van der Waals surface area contributed by atoms with E-state index in [1.165, 1.54) is 12.1 Å². The fraction of sp³-hybridized carbons (Fsp3) is 0.484. The van der Waals surface area contributed by atoms with Crippen LogP contribution in [0.2, 0.25) is 0 Å². The quantitative estimate of drug-likeness (QED) is 0.119. The molecule has 2 aromatic rings. The van der Waals surface area contributed by atoms with Crippen LogP contribution in [0, 0.1) is 21.8 Å². The van der Waals surface area contributed by atoms with Crippen molar-refractivity contribution in [2.45, 2.75) is 31.7 Å². The molecule has 3 fully saturated rings. The number of imide groups is 2. The van der Waals surface area contributed by atoms with Gasteiger partial charge in [0.1, 0.15) is 17.5 Å². The van der Waals surface area contributed by atoms with E-state index in [0.717, 1.165) is 75.3 Å². The van der Waals surface area contributed by atoms with Crippen LogP contribution in [0.15, 0.2) is 30.3 Å². The zero-order chi connectivity index (χ0) is 32.5. The molecule has 15 heteroatoms. The van der Waals surface area contributed by atoms with Gasteiger partial charge in [-0.3, -0.25) is 44.4 Å². The van der Waals surface area contributed by atoms with E-state index in [-0.39, 0.29) is 46.9 Å². The molecule has 0 spiro atoms. The summed E-state index contributed by atoms with van der Waals surface area (Å²) in [5.41, 5.74) is 7.09. The first kappa shape index (κ1) is 31.4. The number of amides is 4. The Balaban J connectivity index is 0.985. The van der Waals surface area contributed by atoms with E-state index >= 15 is 4.39 Å². The Morgan fingerprint density at radius 3 is 2.41 bits per heavy atom. The number of nitro groups is 1. The van der Waals surface area contributed by atoms with E-state index in [4.69, 9.17) is 5.73 Å². The van der Waals surface area contributed by atoms with Crippen molar-refractivity contribution in [1.29, 1.82) is 0 Å². The maximum Gasteiger partial charge on any atom is 0.292 e. The van der Waals surface area contributed by atoms with Gasteiger partial charge < -0.3 is 20.9 Å². The van der Waals surface area contributed by atoms with Crippen LogP contribution < -0.4 is 26.2 Å². The second-order valence-corrected chi connectivity index (χ2v) is 12.3. The van der Waals surface area contributed by atoms with Crippen LogP contribution in [0.1, 0.15) is 46.4 Å². The summed E-state index contributed by atoms with van der Waals surface area (Å²) >= 11 is 0. The number of fused-ring (bicyclic) bond motifs is 1. The Morgan fingerprint density at radius 2 is 1.72 bits per heavy atom. The molecule has 2 aromatic carbocycles. The van der Waals surface area contributed by atoms with Crippen molar-refractivity contribution in [3.8, 4) is 0 Å². The molecule has 2 unspecified atom stereocenters. The summed E-state index contributed by atoms with van der Waals surface area (Å²) in [6, 6.07) is 6.27. The number of benzene rings is 2. The predicted octanol–water partition coefficient (Wildman–Crippen LogP) is 1.35. The molecule has 0 saturated carbocycles. The molecule has 2 atom stereocenters. The lowest BCUT2D eigenvalue weighted by molar-refractivity contribution is -0.383. The van der Waals surface area contributed by atoms with Crippen molar-refractivity contribution in [3.05, 3.63) is 57.4 Å². The van der Waals surface area contributed by atoms with Crippen molar-refractivity contribution in [1.82, 2.24) is 20.4 Å². The lowest BCUT2D eigenvalue weighted by Gasteiger charge is -2.37. The fourth-order valence-electron chi connectivity index (χ4n) is 6.85. The lowest BCUT2D eigenvalue weighted by atomic mass is 9.96. The number of nitrogen functional groups attached to an aromatic ring is 1. The largest absolute Gasteiger partial charge is 0.393 e.